The van der Waals surface area contributed by atoms with Gasteiger partial charge in [0.25, 0.3) is 0 Å². The molecule has 1 unspecified atom stereocenters. The number of carbonyl (C=O) groups is 1. The van der Waals surface area contributed by atoms with Gasteiger partial charge >= 0.3 is 6.18 Å². The lowest BCUT2D eigenvalue weighted by Crippen LogP contribution is -2.35. The van der Waals surface area contributed by atoms with Crippen LogP contribution in [0.15, 0.2) is 24.3 Å². The third-order valence-electron chi connectivity index (χ3n) is 4.72. The minimum atomic E-state index is -4.39. The molecule has 25 heavy (non-hydrogen) atoms. The molecule has 1 aromatic rings. The molecule has 1 fully saturated rings. The van der Waals surface area contributed by atoms with Gasteiger partial charge in [0.2, 0.25) is 5.91 Å². The summed E-state index contributed by atoms with van der Waals surface area (Å²) in [5, 5.41) is 2.90. The molecule has 0 saturated heterocycles. The van der Waals surface area contributed by atoms with E-state index in [4.69, 9.17) is 5.73 Å². The molecule has 3 nitrogen and oxygen atoms in total. The molecule has 2 rings (SSSR count). The van der Waals surface area contributed by atoms with Crippen LogP contribution in [0.2, 0.25) is 0 Å². The van der Waals surface area contributed by atoms with Crippen molar-refractivity contribution in [2.24, 2.45) is 17.6 Å². The number of carbonyl (C=O) groups excluding carboxylic acids is 1. The van der Waals surface area contributed by atoms with Crippen molar-refractivity contribution in [3.8, 4) is 0 Å². The average molecular weight is 379 g/mol. The van der Waals surface area contributed by atoms with Crippen molar-refractivity contribution in [3.63, 3.8) is 0 Å². The lowest BCUT2D eigenvalue weighted by molar-refractivity contribution is -0.137. The van der Waals surface area contributed by atoms with E-state index in [0.29, 0.717) is 12.0 Å². The molecule has 1 amide bonds. The van der Waals surface area contributed by atoms with E-state index in [-0.39, 0.29) is 36.2 Å². The molecule has 1 aliphatic carbocycles. The fraction of sp³-hybridized carbons (Fsp3) is 0.611. The Hall–Kier alpha value is -1.27. The van der Waals surface area contributed by atoms with Gasteiger partial charge in [-0.2, -0.15) is 13.2 Å². The van der Waals surface area contributed by atoms with E-state index < -0.39 is 17.8 Å². The zero-order chi connectivity index (χ0) is 17.9. The van der Waals surface area contributed by atoms with Gasteiger partial charge in [-0.15, -0.1) is 12.4 Å². The third kappa shape index (κ3) is 5.89. The first-order valence-corrected chi connectivity index (χ1v) is 8.40. The fourth-order valence-corrected chi connectivity index (χ4v) is 3.33. The minimum absolute atomic E-state index is 0. The van der Waals surface area contributed by atoms with Gasteiger partial charge in [-0.3, -0.25) is 4.79 Å². The zero-order valence-corrected chi connectivity index (χ0v) is 15.3. The van der Waals surface area contributed by atoms with Crippen LogP contribution in [0.4, 0.5) is 13.2 Å². The van der Waals surface area contributed by atoms with Crippen LogP contribution in [0.25, 0.3) is 0 Å². The summed E-state index contributed by atoms with van der Waals surface area (Å²) >= 11 is 0. The number of nitrogens with two attached hydrogens (primary N) is 1. The summed E-state index contributed by atoms with van der Waals surface area (Å²) in [7, 11) is 0. The molecule has 3 N–H and O–H groups in total. The topological polar surface area (TPSA) is 55.1 Å². The van der Waals surface area contributed by atoms with E-state index in [0.717, 1.165) is 31.4 Å². The van der Waals surface area contributed by atoms with Crippen LogP contribution in [0, 0.1) is 11.8 Å². The Morgan fingerprint density at radius 1 is 1.32 bits per heavy atom. The molecular weight excluding hydrogens is 353 g/mol. The normalized spacial score (nSPS) is 21.7. The summed E-state index contributed by atoms with van der Waals surface area (Å²) in [6.45, 7) is 3.76. The zero-order valence-electron chi connectivity index (χ0n) is 14.5. The summed E-state index contributed by atoms with van der Waals surface area (Å²) in [5.41, 5.74) is 5.77. The highest BCUT2D eigenvalue weighted by Gasteiger charge is 2.32. The molecule has 3 atom stereocenters. The Balaban J connectivity index is 0.00000312. The number of amides is 1. The SMILES string of the molecule is CC(C)C(NC(=O)C[C@@H]1CCC[C@H]1N)c1cccc(C(F)(F)F)c1.Cl. The van der Waals surface area contributed by atoms with Gasteiger partial charge in [0, 0.05) is 12.5 Å². The van der Waals surface area contributed by atoms with Gasteiger partial charge in [0.15, 0.2) is 0 Å². The second-order valence-corrected chi connectivity index (χ2v) is 6.97. The predicted octanol–water partition coefficient (Wildman–Crippen LogP) is 4.46. The summed E-state index contributed by atoms with van der Waals surface area (Å²) in [6.07, 6.45) is -1.16. The fourth-order valence-electron chi connectivity index (χ4n) is 3.33. The molecule has 0 spiro atoms. The highest BCUT2D eigenvalue weighted by molar-refractivity contribution is 5.85. The lowest BCUT2D eigenvalue weighted by Gasteiger charge is -2.25. The second-order valence-electron chi connectivity index (χ2n) is 6.97. The Morgan fingerprint density at radius 3 is 2.52 bits per heavy atom. The first-order chi connectivity index (χ1) is 11.2. The Labute approximate surface area is 153 Å². The Bertz CT molecular complexity index is 578. The van der Waals surface area contributed by atoms with Crippen molar-refractivity contribution < 1.29 is 18.0 Å². The number of halogens is 4. The van der Waals surface area contributed by atoms with Gasteiger partial charge < -0.3 is 11.1 Å². The number of hydrogen-bond acceptors (Lipinski definition) is 2. The van der Waals surface area contributed by atoms with E-state index in [9.17, 15) is 18.0 Å². The van der Waals surface area contributed by atoms with E-state index in [1.807, 2.05) is 13.8 Å². The summed E-state index contributed by atoms with van der Waals surface area (Å²) in [5.74, 6) is 0.00229. The Morgan fingerprint density at radius 2 is 2.00 bits per heavy atom. The average Bonchev–Trinajstić information content (AvgIpc) is 2.89. The molecule has 1 aromatic carbocycles. The highest BCUT2D eigenvalue weighted by Crippen LogP contribution is 2.32. The molecular formula is C18H26ClF3N2O. The largest absolute Gasteiger partial charge is 0.416 e. The van der Waals surface area contributed by atoms with Crippen LogP contribution in [0.5, 0.6) is 0 Å². The molecule has 0 aromatic heterocycles. The van der Waals surface area contributed by atoms with Crippen LogP contribution in [-0.2, 0) is 11.0 Å². The predicted molar refractivity (Wildman–Crippen MR) is 94.3 cm³/mol. The molecule has 0 aliphatic heterocycles. The van der Waals surface area contributed by atoms with Gasteiger partial charge in [-0.05, 0) is 42.4 Å². The molecule has 142 valence electrons. The van der Waals surface area contributed by atoms with Crippen LogP contribution in [0.3, 0.4) is 0 Å². The third-order valence-corrected chi connectivity index (χ3v) is 4.72. The number of benzene rings is 1. The van der Waals surface area contributed by atoms with Crippen molar-refractivity contribution in [3.05, 3.63) is 35.4 Å². The van der Waals surface area contributed by atoms with Crippen LogP contribution < -0.4 is 11.1 Å². The molecule has 0 radical (unpaired) electrons. The van der Waals surface area contributed by atoms with Gasteiger partial charge in [0.05, 0.1) is 11.6 Å². The van der Waals surface area contributed by atoms with Gasteiger partial charge in [-0.1, -0.05) is 32.4 Å². The molecule has 1 aliphatic rings. The number of hydrogen-bond donors (Lipinski definition) is 2. The lowest BCUT2D eigenvalue weighted by atomic mass is 9.93. The Kier molecular flexibility index (Phi) is 7.75. The van der Waals surface area contributed by atoms with Crippen LogP contribution in [-0.4, -0.2) is 11.9 Å². The van der Waals surface area contributed by atoms with Crippen molar-refractivity contribution in [2.75, 3.05) is 0 Å². The maximum Gasteiger partial charge on any atom is 0.416 e. The maximum atomic E-state index is 12.9. The monoisotopic (exact) mass is 378 g/mol. The number of alkyl halides is 3. The first-order valence-electron chi connectivity index (χ1n) is 8.40. The smallest absolute Gasteiger partial charge is 0.349 e. The van der Waals surface area contributed by atoms with Gasteiger partial charge in [-0.25, -0.2) is 0 Å². The molecule has 0 heterocycles. The van der Waals surface area contributed by atoms with E-state index >= 15 is 0 Å². The van der Waals surface area contributed by atoms with Crippen molar-refractivity contribution in [1.82, 2.24) is 5.32 Å². The summed E-state index contributed by atoms with van der Waals surface area (Å²) in [4.78, 5) is 12.3. The maximum absolute atomic E-state index is 12.9. The minimum Gasteiger partial charge on any atom is -0.349 e. The van der Waals surface area contributed by atoms with Crippen LogP contribution >= 0.6 is 12.4 Å². The van der Waals surface area contributed by atoms with Crippen molar-refractivity contribution in [1.29, 1.82) is 0 Å². The van der Waals surface area contributed by atoms with E-state index in [1.165, 1.54) is 6.07 Å². The van der Waals surface area contributed by atoms with Gasteiger partial charge in [0.1, 0.15) is 0 Å². The van der Waals surface area contributed by atoms with E-state index in [2.05, 4.69) is 5.32 Å². The van der Waals surface area contributed by atoms with Crippen LogP contribution in [0.1, 0.15) is 56.7 Å². The molecule has 0 bridgehead atoms. The summed E-state index contributed by atoms with van der Waals surface area (Å²) < 4.78 is 38.7. The molecule has 1 saturated carbocycles. The summed E-state index contributed by atoms with van der Waals surface area (Å²) in [6, 6.07) is 4.76. The number of rotatable bonds is 5. The first kappa shape index (κ1) is 21.8. The van der Waals surface area contributed by atoms with Crippen molar-refractivity contribution >= 4 is 18.3 Å². The highest BCUT2D eigenvalue weighted by atomic mass is 35.5. The van der Waals surface area contributed by atoms with E-state index in [1.54, 1.807) is 6.07 Å². The number of nitrogens with one attached hydrogen (secondary N) is 1. The second kappa shape index (κ2) is 8.90. The quantitative estimate of drug-likeness (QED) is 0.794. The van der Waals surface area contributed by atoms with Crippen molar-refractivity contribution in [2.45, 2.75) is 57.8 Å². The molecule has 7 heteroatoms. The standard InChI is InChI=1S/C18H25F3N2O.ClH/c1-11(2)17(13-6-3-7-14(9-13)18(19,20)21)23-16(24)10-12-5-4-8-15(12)22;/h3,6-7,9,11-12,15,17H,4-5,8,10,22H2,1-2H3,(H,23,24);1H/t12-,15+,17?;/m0./s1.